The molecule has 1 aromatic rings. The lowest BCUT2D eigenvalue weighted by molar-refractivity contribution is 0.0846. The molecular weight excluding hydrogens is 248 g/mol. The first kappa shape index (κ1) is 15.6. The maximum atomic E-state index is 11.3. The lowest BCUT2D eigenvalue weighted by atomic mass is 10.1. The van der Waals surface area contributed by atoms with Crippen LogP contribution >= 0.6 is 0 Å². The molecule has 1 aromatic heterocycles. The van der Waals surface area contributed by atoms with E-state index in [-0.39, 0.29) is 12.3 Å². The number of hydrogen-bond acceptors (Lipinski definition) is 5. The Morgan fingerprint density at radius 1 is 1.47 bits per heavy atom. The van der Waals surface area contributed by atoms with E-state index in [1.807, 2.05) is 0 Å². The minimum absolute atomic E-state index is 0.00982. The fourth-order valence-corrected chi connectivity index (χ4v) is 1.69. The zero-order valence-corrected chi connectivity index (χ0v) is 11.5. The molecule has 0 fully saturated rings. The van der Waals surface area contributed by atoms with Crippen molar-refractivity contribution in [3.63, 3.8) is 0 Å². The van der Waals surface area contributed by atoms with Gasteiger partial charge in [-0.25, -0.2) is 4.68 Å². The van der Waals surface area contributed by atoms with E-state index in [9.17, 15) is 4.79 Å². The second kappa shape index (κ2) is 7.85. The Morgan fingerprint density at radius 3 is 2.79 bits per heavy atom. The monoisotopic (exact) mass is 270 g/mol. The molecule has 1 heterocycles. The van der Waals surface area contributed by atoms with Gasteiger partial charge in [-0.1, -0.05) is 19.1 Å². The molecule has 0 aliphatic heterocycles. The molecule has 3 N–H and O–H groups in total. The predicted octanol–water partition coefficient (Wildman–Crippen LogP) is -0.0255. The lowest BCUT2D eigenvalue weighted by Gasteiger charge is -2.09. The molecule has 0 atom stereocenters. The number of amides is 1. The van der Waals surface area contributed by atoms with Crippen LogP contribution in [0.3, 0.4) is 0 Å². The summed E-state index contributed by atoms with van der Waals surface area (Å²) in [5.41, 5.74) is 6.29. The number of carbonyl (C=O) groups is 1. The van der Waals surface area contributed by atoms with Crippen molar-refractivity contribution in [2.75, 3.05) is 19.8 Å². The van der Waals surface area contributed by atoms with Crippen LogP contribution in [0.15, 0.2) is 0 Å². The van der Waals surface area contributed by atoms with E-state index in [4.69, 9.17) is 15.6 Å². The number of aliphatic hydroxyl groups excluding tert-OH is 1. The molecule has 0 saturated heterocycles. The summed E-state index contributed by atoms with van der Waals surface area (Å²) < 4.78 is 6.83. The maximum Gasteiger partial charge on any atom is 0.271 e. The summed E-state index contributed by atoms with van der Waals surface area (Å²) >= 11 is 0. The van der Waals surface area contributed by atoms with Crippen molar-refractivity contribution < 1.29 is 14.6 Å². The Balaban J connectivity index is 2.70. The number of nitrogens with two attached hydrogens (primary N) is 1. The third-order valence-electron chi connectivity index (χ3n) is 2.71. The van der Waals surface area contributed by atoms with Crippen molar-refractivity contribution in [2.24, 2.45) is 11.7 Å². The number of carbonyl (C=O) groups excluding carboxylic acids is 1. The summed E-state index contributed by atoms with van der Waals surface area (Å²) in [7, 11) is 0. The van der Waals surface area contributed by atoms with E-state index in [2.05, 4.69) is 24.2 Å². The number of hydrogen-bond donors (Lipinski definition) is 2. The molecule has 0 spiro atoms. The van der Waals surface area contributed by atoms with E-state index in [0.717, 1.165) is 12.1 Å². The van der Waals surface area contributed by atoms with Crippen LogP contribution in [0.5, 0.6) is 0 Å². The number of aliphatic hydroxyl groups is 1. The first-order valence-electron chi connectivity index (χ1n) is 6.47. The number of nitrogens with zero attached hydrogens (tertiary/aromatic N) is 3. The largest absolute Gasteiger partial charge is 0.394 e. The third kappa shape index (κ3) is 4.96. The standard InChI is InChI=1S/C12H22N4O3/c1-9(2)3-4-10-11(12(13)18)14-15-16(10)5-7-19-8-6-17/h9,17H,3-8H2,1-2H3,(H2,13,18). The van der Waals surface area contributed by atoms with Gasteiger partial charge in [-0.15, -0.1) is 5.10 Å². The molecule has 0 unspecified atom stereocenters. The molecule has 108 valence electrons. The number of aromatic nitrogens is 3. The highest BCUT2D eigenvalue weighted by atomic mass is 16.5. The van der Waals surface area contributed by atoms with Crippen molar-refractivity contribution in [2.45, 2.75) is 33.2 Å². The summed E-state index contributed by atoms with van der Waals surface area (Å²) in [5.74, 6) is -0.0315. The molecular formula is C12H22N4O3. The highest BCUT2D eigenvalue weighted by Gasteiger charge is 2.17. The van der Waals surface area contributed by atoms with E-state index < -0.39 is 5.91 Å². The minimum atomic E-state index is -0.554. The van der Waals surface area contributed by atoms with Crippen LogP contribution in [-0.4, -0.2) is 45.8 Å². The predicted molar refractivity (Wildman–Crippen MR) is 69.6 cm³/mol. The SMILES string of the molecule is CC(C)CCc1c(C(N)=O)nnn1CCOCCO. The first-order valence-corrected chi connectivity index (χ1v) is 6.47. The third-order valence-corrected chi connectivity index (χ3v) is 2.71. The van der Waals surface area contributed by atoms with Gasteiger partial charge in [0.15, 0.2) is 5.69 Å². The normalized spacial score (nSPS) is 11.2. The Kier molecular flexibility index (Phi) is 6.44. The zero-order valence-electron chi connectivity index (χ0n) is 11.5. The Morgan fingerprint density at radius 2 is 2.21 bits per heavy atom. The Bertz CT molecular complexity index is 404. The van der Waals surface area contributed by atoms with Gasteiger partial charge in [-0.2, -0.15) is 0 Å². The second-order valence-electron chi connectivity index (χ2n) is 4.74. The van der Waals surface area contributed by atoms with Gasteiger partial charge in [0, 0.05) is 0 Å². The second-order valence-corrected chi connectivity index (χ2v) is 4.74. The van der Waals surface area contributed by atoms with Crippen molar-refractivity contribution in [3.8, 4) is 0 Å². The molecule has 1 amide bonds. The summed E-state index contributed by atoms with van der Waals surface area (Å²) in [6.45, 7) is 5.41. The topological polar surface area (TPSA) is 103 Å². The minimum Gasteiger partial charge on any atom is -0.394 e. The van der Waals surface area contributed by atoms with Gasteiger partial charge >= 0.3 is 0 Å². The summed E-state index contributed by atoms with van der Waals surface area (Å²) in [6, 6.07) is 0. The van der Waals surface area contributed by atoms with Gasteiger partial charge in [-0.3, -0.25) is 4.79 Å². The van der Waals surface area contributed by atoms with Crippen LogP contribution in [0.25, 0.3) is 0 Å². The average Bonchev–Trinajstić information content (AvgIpc) is 2.75. The van der Waals surface area contributed by atoms with Gasteiger partial charge in [0.05, 0.1) is 32.1 Å². The fraction of sp³-hybridized carbons (Fsp3) is 0.750. The molecule has 0 aliphatic carbocycles. The summed E-state index contributed by atoms with van der Waals surface area (Å²) in [4.78, 5) is 11.3. The van der Waals surface area contributed by atoms with Gasteiger partial charge in [-0.05, 0) is 18.8 Å². The maximum absolute atomic E-state index is 11.3. The van der Waals surface area contributed by atoms with Crippen LogP contribution in [0.1, 0.15) is 36.5 Å². The summed E-state index contributed by atoms with van der Waals surface area (Å²) in [5, 5.41) is 16.4. The quantitative estimate of drug-likeness (QED) is 0.613. The van der Waals surface area contributed by atoms with E-state index in [0.29, 0.717) is 32.1 Å². The molecule has 0 bridgehead atoms. The van der Waals surface area contributed by atoms with Gasteiger partial charge < -0.3 is 15.6 Å². The van der Waals surface area contributed by atoms with Crippen LogP contribution in [0.2, 0.25) is 0 Å². The number of ether oxygens (including phenoxy) is 1. The molecule has 0 aromatic carbocycles. The number of primary amides is 1. The molecule has 7 heteroatoms. The van der Waals surface area contributed by atoms with Crippen LogP contribution in [-0.2, 0) is 17.7 Å². The smallest absolute Gasteiger partial charge is 0.271 e. The van der Waals surface area contributed by atoms with Crippen LogP contribution in [0.4, 0.5) is 0 Å². The highest BCUT2D eigenvalue weighted by molar-refractivity contribution is 5.91. The van der Waals surface area contributed by atoms with Gasteiger partial charge in [0.2, 0.25) is 0 Å². The van der Waals surface area contributed by atoms with Crippen molar-refractivity contribution in [1.82, 2.24) is 15.0 Å². The summed E-state index contributed by atoms with van der Waals surface area (Å²) in [6.07, 6.45) is 1.65. The van der Waals surface area contributed by atoms with Gasteiger partial charge in [0.1, 0.15) is 0 Å². The molecule has 0 radical (unpaired) electrons. The van der Waals surface area contributed by atoms with E-state index in [1.54, 1.807) is 4.68 Å². The fourth-order valence-electron chi connectivity index (χ4n) is 1.69. The molecule has 0 saturated carbocycles. The van der Waals surface area contributed by atoms with Crippen LogP contribution < -0.4 is 5.73 Å². The molecule has 19 heavy (non-hydrogen) atoms. The molecule has 7 nitrogen and oxygen atoms in total. The Labute approximate surface area is 112 Å². The van der Waals surface area contributed by atoms with Crippen molar-refractivity contribution in [3.05, 3.63) is 11.4 Å². The molecule has 0 aliphatic rings. The van der Waals surface area contributed by atoms with Crippen LogP contribution in [0, 0.1) is 5.92 Å². The van der Waals surface area contributed by atoms with E-state index >= 15 is 0 Å². The molecule has 1 rings (SSSR count). The zero-order chi connectivity index (χ0) is 14.3. The van der Waals surface area contributed by atoms with E-state index in [1.165, 1.54) is 0 Å². The van der Waals surface area contributed by atoms with Crippen molar-refractivity contribution >= 4 is 5.91 Å². The first-order chi connectivity index (χ1) is 9.06. The lowest BCUT2D eigenvalue weighted by Crippen LogP contribution is -2.17. The average molecular weight is 270 g/mol. The number of rotatable bonds is 9. The van der Waals surface area contributed by atoms with Gasteiger partial charge in [0.25, 0.3) is 5.91 Å². The Hall–Kier alpha value is -1.47. The highest BCUT2D eigenvalue weighted by Crippen LogP contribution is 2.12. The van der Waals surface area contributed by atoms with Crippen molar-refractivity contribution in [1.29, 1.82) is 0 Å².